The highest BCUT2D eigenvalue weighted by atomic mass is 32.1. The molecular weight excluding hydrogens is 252 g/mol. The lowest BCUT2D eigenvalue weighted by atomic mass is 9.74. The van der Waals surface area contributed by atoms with Crippen molar-refractivity contribution in [1.82, 2.24) is 0 Å². The van der Waals surface area contributed by atoms with Crippen molar-refractivity contribution < 1.29 is 8.78 Å². The van der Waals surface area contributed by atoms with Gasteiger partial charge in [-0.15, -0.1) is 11.3 Å². The lowest BCUT2D eigenvalue weighted by Crippen LogP contribution is -2.44. The molecule has 0 saturated heterocycles. The first kappa shape index (κ1) is 12.5. The van der Waals surface area contributed by atoms with Crippen LogP contribution in [-0.4, -0.2) is 5.92 Å². The van der Waals surface area contributed by atoms with Gasteiger partial charge in [0.2, 0.25) is 5.92 Å². The van der Waals surface area contributed by atoms with Gasteiger partial charge in [0, 0.05) is 23.3 Å². The van der Waals surface area contributed by atoms with Crippen LogP contribution < -0.4 is 5.73 Å². The Hall–Kier alpha value is -0.480. The molecule has 0 bridgehead atoms. The van der Waals surface area contributed by atoms with Crippen LogP contribution in [0.1, 0.15) is 54.5 Å². The van der Waals surface area contributed by atoms with Crippen LogP contribution in [0.25, 0.3) is 0 Å². The molecular formula is C14H19F2NS. The maximum Gasteiger partial charge on any atom is 0.248 e. The maximum absolute atomic E-state index is 13.3. The number of fused-ring (bicyclic) bond motifs is 1. The summed E-state index contributed by atoms with van der Waals surface area (Å²) in [7, 11) is 0. The average Bonchev–Trinajstić information content (AvgIpc) is 2.78. The molecule has 100 valence electrons. The Bertz CT molecular complexity index is 443. The van der Waals surface area contributed by atoms with Crippen LogP contribution in [0.15, 0.2) is 5.38 Å². The van der Waals surface area contributed by atoms with Crippen LogP contribution in [-0.2, 0) is 18.4 Å². The molecule has 0 atom stereocenters. The number of alkyl halides is 2. The Morgan fingerprint density at radius 2 is 1.72 bits per heavy atom. The van der Waals surface area contributed by atoms with Gasteiger partial charge in [-0.25, -0.2) is 8.78 Å². The van der Waals surface area contributed by atoms with Crippen LogP contribution in [0, 0.1) is 0 Å². The summed E-state index contributed by atoms with van der Waals surface area (Å²) in [4.78, 5) is 1.44. The van der Waals surface area contributed by atoms with Crippen LogP contribution in [0.2, 0.25) is 0 Å². The molecule has 1 heterocycles. The molecule has 2 N–H and O–H groups in total. The summed E-state index contributed by atoms with van der Waals surface area (Å²) in [5.74, 6) is -2.50. The molecule has 0 amide bonds. The Morgan fingerprint density at radius 3 is 2.44 bits per heavy atom. The second-order valence-electron chi connectivity index (χ2n) is 5.77. The SMILES string of the molecule is NC1(c2csc3c2CCCC3)CCC(F)(F)CC1. The van der Waals surface area contributed by atoms with Crippen molar-refractivity contribution >= 4 is 11.3 Å². The van der Waals surface area contributed by atoms with Gasteiger partial charge < -0.3 is 5.73 Å². The lowest BCUT2D eigenvalue weighted by molar-refractivity contribution is -0.0514. The van der Waals surface area contributed by atoms with Crippen LogP contribution >= 0.6 is 11.3 Å². The van der Waals surface area contributed by atoms with E-state index in [4.69, 9.17) is 5.73 Å². The fourth-order valence-electron chi connectivity index (χ4n) is 3.24. The number of thiophene rings is 1. The van der Waals surface area contributed by atoms with Crippen LogP contribution in [0.5, 0.6) is 0 Å². The Balaban J connectivity index is 1.88. The zero-order chi connectivity index (χ0) is 12.8. The number of halogens is 2. The molecule has 0 radical (unpaired) electrons. The molecule has 3 rings (SSSR count). The van der Waals surface area contributed by atoms with E-state index in [-0.39, 0.29) is 12.8 Å². The third-order valence-corrected chi connectivity index (χ3v) is 5.56. The van der Waals surface area contributed by atoms with E-state index < -0.39 is 11.5 Å². The van der Waals surface area contributed by atoms with Gasteiger partial charge in [0.1, 0.15) is 0 Å². The first-order valence-corrected chi connectivity index (χ1v) is 7.65. The fraction of sp³-hybridized carbons (Fsp3) is 0.714. The normalized spacial score (nSPS) is 25.7. The van der Waals surface area contributed by atoms with Crippen LogP contribution in [0.4, 0.5) is 8.78 Å². The van der Waals surface area contributed by atoms with E-state index in [2.05, 4.69) is 5.38 Å². The number of nitrogens with two attached hydrogens (primary N) is 1. The van der Waals surface area contributed by atoms with Gasteiger partial charge in [-0.05, 0) is 55.0 Å². The molecule has 1 saturated carbocycles. The second-order valence-corrected chi connectivity index (χ2v) is 6.73. The molecule has 1 aromatic heterocycles. The monoisotopic (exact) mass is 271 g/mol. The second kappa shape index (κ2) is 4.27. The first-order chi connectivity index (χ1) is 8.50. The standard InChI is InChI=1S/C14H19F2NS/c15-14(16)7-5-13(17,6-8-14)11-9-18-12-4-2-1-3-10(11)12/h9H,1-8,17H2. The number of rotatable bonds is 1. The molecule has 0 aromatic carbocycles. The van der Waals surface area contributed by atoms with Crippen molar-refractivity contribution in [3.05, 3.63) is 21.4 Å². The van der Waals surface area contributed by atoms with Gasteiger partial charge in [0.15, 0.2) is 0 Å². The van der Waals surface area contributed by atoms with Crippen molar-refractivity contribution in [1.29, 1.82) is 0 Å². The van der Waals surface area contributed by atoms with Gasteiger partial charge >= 0.3 is 0 Å². The minimum atomic E-state index is -2.50. The topological polar surface area (TPSA) is 26.0 Å². The molecule has 2 aliphatic rings. The van der Waals surface area contributed by atoms with Gasteiger partial charge in [-0.2, -0.15) is 0 Å². The number of hydrogen-bond donors (Lipinski definition) is 1. The van der Waals surface area contributed by atoms with Crippen molar-refractivity contribution in [3.63, 3.8) is 0 Å². The molecule has 0 unspecified atom stereocenters. The van der Waals surface area contributed by atoms with E-state index in [1.807, 2.05) is 0 Å². The summed E-state index contributed by atoms with van der Waals surface area (Å²) in [6.45, 7) is 0. The van der Waals surface area contributed by atoms with Crippen molar-refractivity contribution in [2.24, 2.45) is 5.73 Å². The van der Waals surface area contributed by atoms with E-state index in [0.717, 1.165) is 12.8 Å². The van der Waals surface area contributed by atoms with E-state index in [0.29, 0.717) is 12.8 Å². The first-order valence-electron chi connectivity index (χ1n) is 6.77. The zero-order valence-corrected chi connectivity index (χ0v) is 11.3. The summed E-state index contributed by atoms with van der Waals surface area (Å²) in [6, 6.07) is 0. The van der Waals surface area contributed by atoms with Crippen molar-refractivity contribution in [2.45, 2.75) is 62.8 Å². The predicted octanol–water partition coefficient (Wildman–Crippen LogP) is 3.99. The quantitative estimate of drug-likeness (QED) is 0.821. The molecule has 0 spiro atoms. The fourth-order valence-corrected chi connectivity index (χ4v) is 4.50. The Labute approximate surface area is 110 Å². The summed E-state index contributed by atoms with van der Waals surface area (Å²) in [5, 5.41) is 2.14. The van der Waals surface area contributed by atoms with Crippen molar-refractivity contribution in [3.8, 4) is 0 Å². The summed E-state index contributed by atoms with van der Waals surface area (Å²) < 4.78 is 26.6. The highest BCUT2D eigenvalue weighted by Crippen LogP contribution is 2.45. The van der Waals surface area contributed by atoms with E-state index in [1.54, 1.807) is 11.3 Å². The molecule has 4 heteroatoms. The van der Waals surface area contributed by atoms with Gasteiger partial charge in [-0.1, -0.05) is 0 Å². The van der Waals surface area contributed by atoms with E-state index in [1.165, 1.54) is 28.8 Å². The van der Waals surface area contributed by atoms with E-state index >= 15 is 0 Å². The molecule has 2 aliphatic carbocycles. The van der Waals surface area contributed by atoms with E-state index in [9.17, 15) is 8.78 Å². The predicted molar refractivity (Wildman–Crippen MR) is 70.2 cm³/mol. The molecule has 1 fully saturated rings. The van der Waals surface area contributed by atoms with Gasteiger partial charge in [-0.3, -0.25) is 0 Å². The third kappa shape index (κ3) is 2.10. The highest BCUT2D eigenvalue weighted by molar-refractivity contribution is 7.10. The Kier molecular flexibility index (Phi) is 2.98. The summed E-state index contributed by atoms with van der Waals surface area (Å²) in [5.41, 5.74) is 8.51. The molecule has 1 nitrogen and oxygen atoms in total. The number of hydrogen-bond acceptors (Lipinski definition) is 2. The molecule has 0 aliphatic heterocycles. The summed E-state index contributed by atoms with van der Waals surface area (Å²) in [6.07, 6.45) is 5.41. The molecule has 18 heavy (non-hydrogen) atoms. The number of aryl methyl sites for hydroxylation is 1. The lowest BCUT2D eigenvalue weighted by Gasteiger charge is -2.38. The maximum atomic E-state index is 13.3. The third-order valence-electron chi connectivity index (χ3n) is 4.47. The molecule has 1 aromatic rings. The smallest absolute Gasteiger partial charge is 0.248 e. The largest absolute Gasteiger partial charge is 0.321 e. The summed E-state index contributed by atoms with van der Waals surface area (Å²) >= 11 is 1.78. The Morgan fingerprint density at radius 1 is 1.06 bits per heavy atom. The van der Waals surface area contributed by atoms with Crippen LogP contribution in [0.3, 0.4) is 0 Å². The van der Waals surface area contributed by atoms with Gasteiger partial charge in [0.05, 0.1) is 0 Å². The zero-order valence-electron chi connectivity index (χ0n) is 10.5. The minimum Gasteiger partial charge on any atom is -0.321 e. The minimum absolute atomic E-state index is 0.0614. The van der Waals surface area contributed by atoms with Crippen molar-refractivity contribution in [2.75, 3.05) is 0 Å². The van der Waals surface area contributed by atoms with Gasteiger partial charge in [0.25, 0.3) is 0 Å². The highest BCUT2D eigenvalue weighted by Gasteiger charge is 2.43. The average molecular weight is 271 g/mol.